The monoisotopic (exact) mass is 489 g/mol. The van der Waals surface area contributed by atoms with Crippen LogP contribution in [0.5, 0.6) is 5.75 Å². The van der Waals surface area contributed by atoms with Crippen molar-refractivity contribution in [3.05, 3.63) is 65.2 Å². The number of carbonyl (C=O) groups excluding carboxylic acids is 2. The molecule has 2 saturated heterocycles. The summed E-state index contributed by atoms with van der Waals surface area (Å²) in [5.74, 6) is 0.513. The van der Waals surface area contributed by atoms with Crippen LogP contribution >= 0.6 is 0 Å². The van der Waals surface area contributed by atoms with Gasteiger partial charge in [0.05, 0.1) is 19.2 Å². The Bertz CT molecular complexity index is 1080. The summed E-state index contributed by atoms with van der Waals surface area (Å²) in [6.45, 7) is 3.35. The van der Waals surface area contributed by atoms with Crippen LogP contribution in [0.25, 0.3) is 0 Å². The van der Waals surface area contributed by atoms with Gasteiger partial charge in [0.2, 0.25) is 0 Å². The maximum absolute atomic E-state index is 13.4. The summed E-state index contributed by atoms with van der Waals surface area (Å²) in [7, 11) is 3.25. The lowest BCUT2D eigenvalue weighted by molar-refractivity contribution is -0.137. The number of halogens is 3. The van der Waals surface area contributed by atoms with Gasteiger partial charge in [-0.3, -0.25) is 9.69 Å². The van der Waals surface area contributed by atoms with Gasteiger partial charge >= 0.3 is 12.2 Å². The smallest absolute Gasteiger partial charge is 0.416 e. The van der Waals surface area contributed by atoms with E-state index in [2.05, 4.69) is 4.90 Å². The number of likely N-dealkylation sites (tertiary alicyclic amines) is 1. The van der Waals surface area contributed by atoms with Crippen LogP contribution < -0.4 is 4.74 Å². The van der Waals surface area contributed by atoms with Gasteiger partial charge in [0.25, 0.3) is 5.91 Å². The van der Waals surface area contributed by atoms with Gasteiger partial charge < -0.3 is 14.5 Å². The van der Waals surface area contributed by atoms with Crippen LogP contribution in [0.15, 0.2) is 48.5 Å². The van der Waals surface area contributed by atoms with E-state index in [1.54, 1.807) is 37.3 Å². The van der Waals surface area contributed by atoms with Crippen molar-refractivity contribution < 1.29 is 27.5 Å². The predicted octanol–water partition coefficient (Wildman–Crippen LogP) is 4.57. The van der Waals surface area contributed by atoms with Gasteiger partial charge in [-0.2, -0.15) is 13.2 Å². The third kappa shape index (κ3) is 4.87. The number of methoxy groups -OCH3 is 1. The zero-order chi connectivity index (χ0) is 25.4. The van der Waals surface area contributed by atoms with Crippen LogP contribution in [0.2, 0.25) is 0 Å². The summed E-state index contributed by atoms with van der Waals surface area (Å²) in [6.07, 6.45) is -2.92. The van der Waals surface area contributed by atoms with Crippen LogP contribution in [0.4, 0.5) is 18.0 Å². The van der Waals surface area contributed by atoms with Crippen molar-refractivity contribution in [2.24, 2.45) is 0 Å². The highest BCUT2D eigenvalue weighted by Gasteiger charge is 2.56. The number of hydrogen-bond donors (Lipinski definition) is 0. The molecule has 1 spiro atoms. The van der Waals surface area contributed by atoms with Gasteiger partial charge in [-0.15, -0.1) is 0 Å². The van der Waals surface area contributed by atoms with Crippen LogP contribution in [0, 0.1) is 0 Å². The molecule has 2 aliphatic rings. The molecule has 1 atom stereocenters. The van der Waals surface area contributed by atoms with E-state index in [1.807, 2.05) is 19.1 Å². The van der Waals surface area contributed by atoms with Gasteiger partial charge in [0.1, 0.15) is 11.3 Å². The summed E-state index contributed by atoms with van der Waals surface area (Å²) >= 11 is 0. The number of hydrogen-bond acceptors (Lipinski definition) is 4. The standard InChI is InChI=1S/C26H30F3N3O3/c1-18(15-20-5-4-6-21(16-20)26(27,28)29)31-13-11-25(12-14-31)23(33)32(24(34)30(25)2)17-19-7-9-22(35-3)10-8-19/h4-10,16,18H,11-15,17H2,1-3H3/t18-/m0/s1. The highest BCUT2D eigenvalue weighted by molar-refractivity contribution is 6.06. The molecule has 0 unspecified atom stereocenters. The molecule has 2 aromatic carbocycles. The molecule has 35 heavy (non-hydrogen) atoms. The van der Waals surface area contributed by atoms with Gasteiger partial charge in [-0.1, -0.05) is 30.3 Å². The number of urea groups is 1. The third-order valence-corrected chi connectivity index (χ3v) is 7.34. The summed E-state index contributed by atoms with van der Waals surface area (Å²) < 4.78 is 44.3. The number of nitrogens with zero attached hydrogens (tertiary/aromatic N) is 3. The molecule has 0 aliphatic carbocycles. The predicted molar refractivity (Wildman–Crippen MR) is 125 cm³/mol. The van der Waals surface area contributed by atoms with Crippen molar-refractivity contribution in [1.82, 2.24) is 14.7 Å². The van der Waals surface area contributed by atoms with E-state index in [1.165, 1.54) is 17.0 Å². The number of piperidine rings is 1. The van der Waals surface area contributed by atoms with Crippen molar-refractivity contribution in [3.63, 3.8) is 0 Å². The Morgan fingerprint density at radius 3 is 2.29 bits per heavy atom. The summed E-state index contributed by atoms with van der Waals surface area (Å²) in [6, 6.07) is 12.4. The largest absolute Gasteiger partial charge is 0.497 e. The van der Waals surface area contributed by atoms with Gasteiger partial charge in [-0.05, 0) is 55.5 Å². The van der Waals surface area contributed by atoms with Crippen molar-refractivity contribution in [3.8, 4) is 5.75 Å². The molecular weight excluding hydrogens is 459 g/mol. The minimum Gasteiger partial charge on any atom is -0.497 e. The molecule has 0 aromatic heterocycles. The Hall–Kier alpha value is -3.07. The Kier molecular flexibility index (Phi) is 6.81. The number of rotatable bonds is 6. The number of imide groups is 1. The first-order valence-corrected chi connectivity index (χ1v) is 11.7. The molecule has 3 amide bonds. The first kappa shape index (κ1) is 25.0. The molecule has 0 saturated carbocycles. The Morgan fingerprint density at radius 2 is 1.69 bits per heavy atom. The second kappa shape index (κ2) is 9.53. The lowest BCUT2D eigenvalue weighted by atomic mass is 9.85. The number of carbonyl (C=O) groups is 2. The average molecular weight is 490 g/mol. The highest BCUT2D eigenvalue weighted by Crippen LogP contribution is 2.38. The van der Waals surface area contributed by atoms with Crippen LogP contribution in [-0.4, -0.2) is 65.5 Å². The second-order valence-corrected chi connectivity index (χ2v) is 9.40. The van der Waals surface area contributed by atoms with E-state index in [9.17, 15) is 22.8 Å². The van der Waals surface area contributed by atoms with Crippen molar-refractivity contribution in [2.45, 2.75) is 50.5 Å². The topological polar surface area (TPSA) is 53.1 Å². The molecule has 2 heterocycles. The number of alkyl halides is 3. The molecule has 188 valence electrons. The van der Waals surface area contributed by atoms with E-state index in [-0.39, 0.29) is 24.5 Å². The molecule has 2 aromatic rings. The van der Waals surface area contributed by atoms with E-state index in [4.69, 9.17) is 4.74 Å². The second-order valence-electron chi connectivity index (χ2n) is 9.40. The van der Waals surface area contributed by atoms with E-state index in [0.29, 0.717) is 43.7 Å². The number of amides is 3. The van der Waals surface area contributed by atoms with Gasteiger partial charge in [0, 0.05) is 26.2 Å². The Balaban J connectivity index is 1.40. The molecule has 2 aliphatic heterocycles. The quantitative estimate of drug-likeness (QED) is 0.558. The minimum atomic E-state index is -4.37. The normalized spacial score (nSPS) is 19.5. The fourth-order valence-corrected chi connectivity index (χ4v) is 5.13. The van der Waals surface area contributed by atoms with Crippen molar-refractivity contribution in [1.29, 1.82) is 0 Å². The summed E-state index contributed by atoms with van der Waals surface area (Å²) in [5, 5.41) is 0. The molecule has 9 heteroatoms. The molecular formula is C26H30F3N3O3. The van der Waals surface area contributed by atoms with Crippen molar-refractivity contribution >= 4 is 11.9 Å². The lowest BCUT2D eigenvalue weighted by Gasteiger charge is -2.43. The zero-order valence-electron chi connectivity index (χ0n) is 20.1. The summed E-state index contributed by atoms with van der Waals surface area (Å²) in [5.41, 5.74) is -0.0586. The SMILES string of the molecule is COc1ccc(CN2C(=O)N(C)C3(CCN([C@@H](C)Cc4cccc(C(F)(F)F)c4)CC3)C2=O)cc1. The van der Waals surface area contributed by atoms with Crippen LogP contribution in [0.3, 0.4) is 0 Å². The van der Waals surface area contributed by atoms with E-state index >= 15 is 0 Å². The summed E-state index contributed by atoms with van der Waals surface area (Å²) in [4.78, 5) is 31.5. The first-order valence-electron chi connectivity index (χ1n) is 11.7. The highest BCUT2D eigenvalue weighted by atomic mass is 19.4. The lowest BCUT2D eigenvalue weighted by Crippen LogP contribution is -2.56. The van der Waals surface area contributed by atoms with E-state index < -0.39 is 17.3 Å². The number of likely N-dealkylation sites (N-methyl/N-ethyl adjacent to an activating group) is 1. The maximum atomic E-state index is 13.4. The maximum Gasteiger partial charge on any atom is 0.416 e. The fourth-order valence-electron chi connectivity index (χ4n) is 5.13. The minimum absolute atomic E-state index is 0.00347. The molecule has 0 N–H and O–H groups in total. The van der Waals surface area contributed by atoms with Gasteiger partial charge in [-0.25, -0.2) is 4.79 Å². The molecule has 2 fully saturated rings. The molecule has 0 bridgehead atoms. The molecule has 4 rings (SSSR count). The Labute approximate surface area is 203 Å². The third-order valence-electron chi connectivity index (χ3n) is 7.34. The number of ether oxygens (including phenoxy) is 1. The van der Waals surface area contributed by atoms with Gasteiger partial charge in [0.15, 0.2) is 0 Å². The number of benzene rings is 2. The molecule has 6 nitrogen and oxygen atoms in total. The first-order chi connectivity index (χ1) is 16.5. The zero-order valence-corrected chi connectivity index (χ0v) is 20.1. The molecule has 0 radical (unpaired) electrons. The van der Waals surface area contributed by atoms with Crippen molar-refractivity contribution in [2.75, 3.05) is 27.2 Å². The van der Waals surface area contributed by atoms with E-state index in [0.717, 1.165) is 11.6 Å². The average Bonchev–Trinajstić information content (AvgIpc) is 3.01. The van der Waals surface area contributed by atoms with Crippen LogP contribution in [0.1, 0.15) is 36.5 Å². The van der Waals surface area contributed by atoms with Crippen LogP contribution in [-0.2, 0) is 23.9 Å². The fraction of sp³-hybridized carbons (Fsp3) is 0.462. The Morgan fingerprint density at radius 1 is 1.03 bits per heavy atom.